The van der Waals surface area contributed by atoms with Crippen molar-refractivity contribution in [1.82, 2.24) is 5.32 Å². The predicted octanol–water partition coefficient (Wildman–Crippen LogP) is 2.89. The molecule has 1 N–H and O–H groups in total. The molecule has 0 unspecified atom stereocenters. The van der Waals surface area contributed by atoms with E-state index in [9.17, 15) is 0 Å². The topological polar surface area (TPSA) is 34.4 Å². The minimum Gasteiger partial charge on any atom is -0.468 e. The van der Waals surface area contributed by atoms with Crippen molar-refractivity contribution >= 4 is 0 Å². The van der Waals surface area contributed by atoms with Crippen LogP contribution in [-0.2, 0) is 4.74 Å². The number of rotatable bonds is 5. The first kappa shape index (κ1) is 11.7. The maximum Gasteiger partial charge on any atom is 0.120 e. The Kier molecular flexibility index (Phi) is 4.02. The van der Waals surface area contributed by atoms with E-state index in [1.54, 1.807) is 6.26 Å². The van der Waals surface area contributed by atoms with Crippen LogP contribution in [0.4, 0.5) is 0 Å². The van der Waals surface area contributed by atoms with E-state index < -0.39 is 0 Å². The van der Waals surface area contributed by atoms with Crippen molar-refractivity contribution in [3.05, 3.63) is 24.2 Å². The van der Waals surface area contributed by atoms with Crippen molar-refractivity contribution < 1.29 is 9.15 Å². The molecule has 0 saturated carbocycles. The Morgan fingerprint density at radius 1 is 1.56 bits per heavy atom. The number of nitrogens with one attached hydrogen (secondary N) is 1. The molecule has 0 aromatic carbocycles. The lowest BCUT2D eigenvalue weighted by Gasteiger charge is -2.25. The molecule has 1 saturated heterocycles. The van der Waals surface area contributed by atoms with Crippen LogP contribution in [0.3, 0.4) is 0 Å². The van der Waals surface area contributed by atoms with E-state index in [0.29, 0.717) is 12.1 Å². The summed E-state index contributed by atoms with van der Waals surface area (Å²) >= 11 is 0. The summed E-state index contributed by atoms with van der Waals surface area (Å²) in [6.45, 7) is 5.25. The van der Waals surface area contributed by atoms with Crippen LogP contribution in [-0.4, -0.2) is 18.8 Å². The van der Waals surface area contributed by atoms with Gasteiger partial charge in [-0.25, -0.2) is 0 Å². The van der Waals surface area contributed by atoms with Crippen LogP contribution in [0, 0.1) is 0 Å². The van der Waals surface area contributed by atoms with Crippen LogP contribution in [0.2, 0.25) is 0 Å². The summed E-state index contributed by atoms with van der Waals surface area (Å²) in [5, 5.41) is 3.59. The van der Waals surface area contributed by atoms with Crippen LogP contribution >= 0.6 is 0 Å². The van der Waals surface area contributed by atoms with E-state index in [1.165, 1.54) is 12.8 Å². The second kappa shape index (κ2) is 5.51. The highest BCUT2D eigenvalue weighted by molar-refractivity contribution is 5.03. The molecule has 0 amide bonds. The van der Waals surface area contributed by atoms with Crippen LogP contribution in [0.1, 0.15) is 44.9 Å². The van der Waals surface area contributed by atoms with Crippen molar-refractivity contribution in [3.63, 3.8) is 0 Å². The summed E-state index contributed by atoms with van der Waals surface area (Å²) < 4.78 is 11.1. The molecule has 0 spiro atoms. The highest BCUT2D eigenvalue weighted by atomic mass is 16.5. The van der Waals surface area contributed by atoms with Crippen molar-refractivity contribution in [1.29, 1.82) is 0 Å². The lowest BCUT2D eigenvalue weighted by molar-refractivity contribution is 0.0725. The molecule has 1 aliphatic rings. The molecule has 3 atom stereocenters. The van der Waals surface area contributed by atoms with Gasteiger partial charge in [0.2, 0.25) is 0 Å². The standard InChI is InChI=1S/C13H21NO2/c1-3-11(13-7-5-9-16-13)14-10(2)12-6-4-8-15-12/h4,6,8,10-11,13-14H,3,5,7,9H2,1-2H3/t10-,11-,13-/m0/s1. The van der Waals surface area contributed by atoms with Crippen LogP contribution < -0.4 is 5.32 Å². The van der Waals surface area contributed by atoms with Gasteiger partial charge in [0.1, 0.15) is 5.76 Å². The van der Waals surface area contributed by atoms with Gasteiger partial charge in [-0.15, -0.1) is 0 Å². The third-order valence-electron chi connectivity index (χ3n) is 3.29. The number of hydrogen-bond donors (Lipinski definition) is 1. The monoisotopic (exact) mass is 223 g/mol. The lowest BCUT2D eigenvalue weighted by Crippen LogP contribution is -2.40. The molecule has 1 fully saturated rings. The second-order valence-electron chi connectivity index (χ2n) is 4.47. The van der Waals surface area contributed by atoms with Gasteiger partial charge in [0, 0.05) is 12.6 Å². The highest BCUT2D eigenvalue weighted by Crippen LogP contribution is 2.21. The summed E-state index contributed by atoms with van der Waals surface area (Å²) in [4.78, 5) is 0. The Labute approximate surface area is 97.2 Å². The molecule has 1 aromatic rings. The van der Waals surface area contributed by atoms with Gasteiger partial charge < -0.3 is 14.5 Å². The molecule has 0 aliphatic carbocycles. The molecule has 3 heteroatoms. The zero-order chi connectivity index (χ0) is 11.4. The lowest BCUT2D eigenvalue weighted by atomic mass is 10.0. The Morgan fingerprint density at radius 3 is 3.00 bits per heavy atom. The fourth-order valence-corrected chi connectivity index (χ4v) is 2.35. The number of furan rings is 1. The van der Waals surface area contributed by atoms with E-state index in [2.05, 4.69) is 19.2 Å². The average Bonchev–Trinajstić information content (AvgIpc) is 2.96. The van der Waals surface area contributed by atoms with Crippen molar-refractivity contribution in [2.24, 2.45) is 0 Å². The van der Waals surface area contributed by atoms with Crippen LogP contribution in [0.15, 0.2) is 22.8 Å². The van der Waals surface area contributed by atoms with E-state index in [1.807, 2.05) is 12.1 Å². The minimum absolute atomic E-state index is 0.254. The molecule has 1 aliphatic heterocycles. The molecule has 16 heavy (non-hydrogen) atoms. The van der Waals surface area contributed by atoms with E-state index in [-0.39, 0.29) is 6.04 Å². The number of hydrogen-bond acceptors (Lipinski definition) is 3. The van der Waals surface area contributed by atoms with Gasteiger partial charge in [0.15, 0.2) is 0 Å². The van der Waals surface area contributed by atoms with Crippen molar-refractivity contribution in [3.8, 4) is 0 Å². The van der Waals surface area contributed by atoms with Gasteiger partial charge in [-0.3, -0.25) is 0 Å². The minimum atomic E-state index is 0.254. The van der Waals surface area contributed by atoms with Crippen molar-refractivity contribution in [2.75, 3.05) is 6.61 Å². The molecule has 90 valence electrons. The van der Waals surface area contributed by atoms with Crippen molar-refractivity contribution in [2.45, 2.75) is 51.3 Å². The third-order valence-corrected chi connectivity index (χ3v) is 3.29. The van der Waals surface area contributed by atoms with Crippen LogP contribution in [0.25, 0.3) is 0 Å². The van der Waals surface area contributed by atoms with Gasteiger partial charge in [-0.2, -0.15) is 0 Å². The summed E-state index contributed by atoms with van der Waals surface area (Å²) in [6, 6.07) is 4.63. The molecule has 0 bridgehead atoms. The van der Waals surface area contributed by atoms with Gasteiger partial charge in [-0.05, 0) is 38.3 Å². The molecular formula is C13H21NO2. The molecule has 2 rings (SSSR count). The maximum atomic E-state index is 5.73. The molecule has 1 aromatic heterocycles. The van der Waals surface area contributed by atoms with Gasteiger partial charge in [-0.1, -0.05) is 6.92 Å². The summed E-state index contributed by atoms with van der Waals surface area (Å²) in [6.07, 6.45) is 5.56. The van der Waals surface area contributed by atoms with Gasteiger partial charge in [0.25, 0.3) is 0 Å². The molecule has 3 nitrogen and oxygen atoms in total. The zero-order valence-corrected chi connectivity index (χ0v) is 10.1. The fraction of sp³-hybridized carbons (Fsp3) is 0.692. The number of ether oxygens (including phenoxy) is 1. The average molecular weight is 223 g/mol. The normalized spacial score (nSPS) is 24.5. The Morgan fingerprint density at radius 2 is 2.44 bits per heavy atom. The Hall–Kier alpha value is -0.800. The second-order valence-corrected chi connectivity index (χ2v) is 4.47. The zero-order valence-electron chi connectivity index (χ0n) is 10.1. The van der Waals surface area contributed by atoms with Gasteiger partial charge >= 0.3 is 0 Å². The quantitative estimate of drug-likeness (QED) is 0.833. The third kappa shape index (κ3) is 2.66. The molecule has 0 radical (unpaired) electrons. The first-order chi connectivity index (χ1) is 7.81. The van der Waals surface area contributed by atoms with E-state index >= 15 is 0 Å². The van der Waals surface area contributed by atoms with E-state index in [0.717, 1.165) is 18.8 Å². The Bertz CT molecular complexity index is 291. The summed E-state index contributed by atoms with van der Waals surface area (Å²) in [5.41, 5.74) is 0. The van der Waals surface area contributed by atoms with E-state index in [4.69, 9.17) is 9.15 Å². The molecule has 2 heterocycles. The maximum absolute atomic E-state index is 5.73. The highest BCUT2D eigenvalue weighted by Gasteiger charge is 2.26. The Balaban J connectivity index is 1.90. The van der Waals surface area contributed by atoms with Crippen LogP contribution in [0.5, 0.6) is 0 Å². The fourth-order valence-electron chi connectivity index (χ4n) is 2.35. The summed E-state index contributed by atoms with van der Waals surface area (Å²) in [7, 11) is 0. The smallest absolute Gasteiger partial charge is 0.120 e. The largest absolute Gasteiger partial charge is 0.468 e. The SMILES string of the molecule is CC[C@H](N[C@@H](C)c1ccco1)[C@@H]1CCCO1. The predicted molar refractivity (Wildman–Crippen MR) is 63.3 cm³/mol. The molecular weight excluding hydrogens is 202 g/mol. The van der Waals surface area contributed by atoms with Gasteiger partial charge in [0.05, 0.1) is 18.4 Å². The summed E-state index contributed by atoms with van der Waals surface area (Å²) in [5.74, 6) is 0.997. The first-order valence-corrected chi connectivity index (χ1v) is 6.22. The first-order valence-electron chi connectivity index (χ1n) is 6.22.